The minimum absolute atomic E-state index is 0.0189. The lowest BCUT2D eigenvalue weighted by atomic mass is 9.90. The highest BCUT2D eigenvalue weighted by atomic mass is 16.7. The number of nitrogens with zero attached hydrogens (tertiary/aromatic N) is 2. The summed E-state index contributed by atoms with van der Waals surface area (Å²) in [6.07, 6.45) is 4.08. The molecule has 1 aromatic rings. The lowest BCUT2D eigenvalue weighted by Gasteiger charge is -2.33. The lowest BCUT2D eigenvalue weighted by molar-refractivity contribution is -0.140. The number of benzene rings is 1. The molecule has 186 valence electrons. The summed E-state index contributed by atoms with van der Waals surface area (Å²) in [6.45, 7) is 6.36. The number of hydrogen-bond donors (Lipinski definition) is 2. The molecule has 1 saturated carbocycles. The molecule has 9 heteroatoms. The number of carbonyl (C=O) groups is 3. The van der Waals surface area contributed by atoms with Crippen LogP contribution in [-0.4, -0.2) is 64.3 Å². The van der Waals surface area contributed by atoms with E-state index in [1.807, 2.05) is 51.1 Å². The van der Waals surface area contributed by atoms with Crippen LogP contribution in [0.25, 0.3) is 0 Å². The van der Waals surface area contributed by atoms with Crippen LogP contribution in [0.15, 0.2) is 30.3 Å². The van der Waals surface area contributed by atoms with E-state index >= 15 is 0 Å². The van der Waals surface area contributed by atoms with Crippen molar-refractivity contribution < 1.29 is 24.0 Å². The molecule has 2 N–H and O–H groups in total. The van der Waals surface area contributed by atoms with Crippen LogP contribution < -0.4 is 10.6 Å². The molecular weight excluding hydrogens is 436 g/mol. The van der Waals surface area contributed by atoms with Gasteiger partial charge in [-0.3, -0.25) is 9.63 Å². The van der Waals surface area contributed by atoms with Gasteiger partial charge in [-0.1, -0.05) is 30.3 Å². The molecule has 3 aliphatic rings. The summed E-state index contributed by atoms with van der Waals surface area (Å²) >= 11 is 0. The summed E-state index contributed by atoms with van der Waals surface area (Å²) in [5.41, 5.74) is 0.474. The fourth-order valence-corrected chi connectivity index (χ4v) is 4.94. The second-order valence-corrected chi connectivity index (χ2v) is 10.5. The van der Waals surface area contributed by atoms with Crippen molar-refractivity contribution in [1.82, 2.24) is 20.6 Å². The third-order valence-electron chi connectivity index (χ3n) is 6.63. The number of carbonyl (C=O) groups excluding carboxylic acids is 3. The van der Waals surface area contributed by atoms with Crippen molar-refractivity contribution in [3.63, 3.8) is 0 Å². The Morgan fingerprint density at radius 1 is 0.971 bits per heavy atom. The SMILES string of the molecule is CC(C)(C)OC(=O)NC1CCC(NC(=O)[C@@H]2CC[C@@H]3CN2C(=O)N3OCc2ccccc2)CC1. The predicted octanol–water partition coefficient (Wildman–Crippen LogP) is 3.34. The smallest absolute Gasteiger partial charge is 0.407 e. The summed E-state index contributed by atoms with van der Waals surface area (Å²) in [5.74, 6) is -0.0970. The molecule has 1 aromatic carbocycles. The van der Waals surface area contributed by atoms with Gasteiger partial charge in [0.1, 0.15) is 18.2 Å². The fraction of sp³-hybridized carbons (Fsp3) is 0.640. The van der Waals surface area contributed by atoms with Gasteiger partial charge in [0, 0.05) is 18.6 Å². The summed E-state index contributed by atoms with van der Waals surface area (Å²) in [6, 6.07) is 9.11. The molecule has 2 heterocycles. The average molecular weight is 473 g/mol. The van der Waals surface area contributed by atoms with Crippen molar-refractivity contribution in [3.05, 3.63) is 35.9 Å². The Balaban J connectivity index is 1.23. The Morgan fingerprint density at radius 3 is 2.26 bits per heavy atom. The third-order valence-corrected chi connectivity index (χ3v) is 6.63. The maximum Gasteiger partial charge on any atom is 0.407 e. The second kappa shape index (κ2) is 10.2. The normalized spacial score (nSPS) is 26.9. The number of hydroxylamine groups is 2. The summed E-state index contributed by atoms with van der Waals surface area (Å²) in [5, 5.41) is 7.52. The van der Waals surface area contributed by atoms with Crippen LogP contribution in [0.5, 0.6) is 0 Å². The van der Waals surface area contributed by atoms with Crippen molar-refractivity contribution in [3.8, 4) is 0 Å². The molecule has 0 radical (unpaired) electrons. The molecule has 34 heavy (non-hydrogen) atoms. The minimum atomic E-state index is -0.524. The van der Waals surface area contributed by atoms with Gasteiger partial charge < -0.3 is 20.3 Å². The number of fused-ring (bicyclic) bond motifs is 2. The molecule has 0 unspecified atom stereocenters. The van der Waals surface area contributed by atoms with E-state index in [1.165, 1.54) is 5.06 Å². The molecule has 4 rings (SSSR count). The first kappa shape index (κ1) is 24.3. The highest BCUT2D eigenvalue weighted by Gasteiger charge is 2.48. The van der Waals surface area contributed by atoms with E-state index in [-0.39, 0.29) is 30.1 Å². The fourth-order valence-electron chi connectivity index (χ4n) is 4.94. The Hall–Kier alpha value is -2.81. The first-order valence-electron chi connectivity index (χ1n) is 12.3. The van der Waals surface area contributed by atoms with Gasteiger partial charge in [-0.05, 0) is 64.9 Å². The van der Waals surface area contributed by atoms with Gasteiger partial charge in [0.2, 0.25) is 5.91 Å². The molecule has 2 atom stereocenters. The quantitative estimate of drug-likeness (QED) is 0.662. The molecular formula is C25H36N4O5. The number of amides is 4. The summed E-state index contributed by atoms with van der Waals surface area (Å²) in [4.78, 5) is 45.5. The van der Waals surface area contributed by atoms with E-state index in [9.17, 15) is 14.4 Å². The highest BCUT2D eigenvalue weighted by Crippen LogP contribution is 2.31. The molecule has 2 bridgehead atoms. The Bertz CT molecular complexity index is 879. The van der Waals surface area contributed by atoms with Gasteiger partial charge in [-0.2, -0.15) is 5.06 Å². The van der Waals surface area contributed by atoms with E-state index < -0.39 is 17.7 Å². The molecule has 0 spiro atoms. The van der Waals surface area contributed by atoms with Gasteiger partial charge >= 0.3 is 12.1 Å². The van der Waals surface area contributed by atoms with Gasteiger partial charge in [-0.15, -0.1) is 0 Å². The van der Waals surface area contributed by atoms with E-state index in [0.29, 0.717) is 19.6 Å². The maximum atomic E-state index is 13.0. The standard InChI is InChI=1S/C25H36N4O5/c1-25(2,3)34-23(31)27-19-11-9-18(10-12-19)26-22(30)21-14-13-20-15-28(21)24(32)29(20)33-16-17-7-5-4-6-8-17/h4-8,18-21H,9-16H2,1-3H3,(H,26,30)(H,27,31)/t18?,19?,20-,21+/m1/s1. The number of alkyl carbamates (subject to hydrolysis) is 1. The van der Waals surface area contributed by atoms with Crippen LogP contribution in [0.2, 0.25) is 0 Å². The van der Waals surface area contributed by atoms with Crippen molar-refractivity contribution in [1.29, 1.82) is 0 Å². The Morgan fingerprint density at radius 2 is 1.62 bits per heavy atom. The molecule has 3 fully saturated rings. The third kappa shape index (κ3) is 6.00. The second-order valence-electron chi connectivity index (χ2n) is 10.5. The minimum Gasteiger partial charge on any atom is -0.444 e. The van der Waals surface area contributed by atoms with Crippen LogP contribution in [0.1, 0.15) is 64.9 Å². The molecule has 4 amide bonds. The highest BCUT2D eigenvalue weighted by molar-refractivity contribution is 5.88. The molecule has 9 nitrogen and oxygen atoms in total. The number of rotatable bonds is 6. The van der Waals surface area contributed by atoms with E-state index in [2.05, 4.69) is 10.6 Å². The summed E-state index contributed by atoms with van der Waals surface area (Å²) < 4.78 is 5.33. The number of urea groups is 1. The number of nitrogens with one attached hydrogen (secondary N) is 2. The molecule has 0 aromatic heterocycles. The number of piperidine rings is 1. The van der Waals surface area contributed by atoms with Gasteiger partial charge in [0.15, 0.2) is 0 Å². The van der Waals surface area contributed by atoms with Crippen LogP contribution >= 0.6 is 0 Å². The van der Waals surface area contributed by atoms with Crippen molar-refractivity contribution in [2.45, 2.75) is 95.7 Å². The Labute approximate surface area is 201 Å². The van der Waals surface area contributed by atoms with Gasteiger partial charge in [0.05, 0.1) is 6.04 Å². The van der Waals surface area contributed by atoms with E-state index in [0.717, 1.165) is 37.7 Å². The first-order chi connectivity index (χ1) is 16.2. The number of hydrogen-bond acceptors (Lipinski definition) is 5. The number of ether oxygens (including phenoxy) is 1. The zero-order valence-corrected chi connectivity index (χ0v) is 20.3. The van der Waals surface area contributed by atoms with Crippen molar-refractivity contribution >= 4 is 18.0 Å². The Kier molecular flexibility index (Phi) is 7.30. The van der Waals surface area contributed by atoms with Crippen molar-refractivity contribution in [2.75, 3.05) is 6.54 Å². The van der Waals surface area contributed by atoms with Crippen LogP contribution in [0.3, 0.4) is 0 Å². The maximum absolute atomic E-state index is 13.0. The molecule has 1 aliphatic carbocycles. The first-order valence-corrected chi connectivity index (χ1v) is 12.3. The van der Waals surface area contributed by atoms with Crippen LogP contribution in [-0.2, 0) is 21.0 Å². The van der Waals surface area contributed by atoms with Gasteiger partial charge in [0.25, 0.3) is 0 Å². The zero-order valence-electron chi connectivity index (χ0n) is 20.3. The topological polar surface area (TPSA) is 100 Å². The zero-order chi connectivity index (χ0) is 24.3. The average Bonchev–Trinajstić information content (AvgIpc) is 3.02. The van der Waals surface area contributed by atoms with Crippen molar-refractivity contribution in [2.24, 2.45) is 0 Å². The molecule has 2 aliphatic heterocycles. The van der Waals surface area contributed by atoms with Crippen LogP contribution in [0.4, 0.5) is 9.59 Å². The predicted molar refractivity (Wildman–Crippen MR) is 126 cm³/mol. The summed E-state index contributed by atoms with van der Waals surface area (Å²) in [7, 11) is 0. The van der Waals surface area contributed by atoms with E-state index in [4.69, 9.17) is 9.57 Å². The molecule has 2 saturated heterocycles. The largest absolute Gasteiger partial charge is 0.444 e. The van der Waals surface area contributed by atoms with Crippen LogP contribution in [0, 0.1) is 0 Å². The van der Waals surface area contributed by atoms with E-state index in [1.54, 1.807) is 4.90 Å². The monoisotopic (exact) mass is 472 g/mol. The lowest BCUT2D eigenvalue weighted by Crippen LogP contribution is -2.53. The van der Waals surface area contributed by atoms with Gasteiger partial charge in [-0.25, -0.2) is 9.59 Å².